The van der Waals surface area contributed by atoms with Crippen LogP contribution in [0.1, 0.15) is 41.6 Å². The van der Waals surface area contributed by atoms with Crippen LogP contribution in [0.15, 0.2) is 53.6 Å². The number of anilines is 1. The van der Waals surface area contributed by atoms with Crippen molar-refractivity contribution >= 4 is 17.6 Å². The van der Waals surface area contributed by atoms with Gasteiger partial charge in [-0.3, -0.25) is 15.5 Å². The summed E-state index contributed by atoms with van der Waals surface area (Å²) in [5.41, 5.74) is 8.02. The predicted octanol–water partition coefficient (Wildman–Crippen LogP) is 0.638. The molecule has 1 fully saturated rings. The average Bonchev–Trinajstić information content (AvgIpc) is 3.12. The fourth-order valence-electron chi connectivity index (χ4n) is 4.75. The van der Waals surface area contributed by atoms with Crippen LogP contribution < -0.4 is 16.3 Å². The predicted molar refractivity (Wildman–Crippen MR) is 126 cm³/mol. The molecule has 8 heteroatoms. The minimum absolute atomic E-state index is 0.0614. The van der Waals surface area contributed by atoms with Gasteiger partial charge in [0.1, 0.15) is 11.8 Å². The first-order valence-corrected chi connectivity index (χ1v) is 11.2. The van der Waals surface area contributed by atoms with Gasteiger partial charge in [-0.1, -0.05) is 36.4 Å². The van der Waals surface area contributed by atoms with E-state index in [2.05, 4.69) is 38.6 Å². The quantitative estimate of drug-likeness (QED) is 0.247. The monoisotopic (exact) mass is 437 g/mol. The second-order valence-electron chi connectivity index (χ2n) is 8.70. The molecule has 32 heavy (non-hydrogen) atoms. The summed E-state index contributed by atoms with van der Waals surface area (Å²) >= 11 is 0. The first-order valence-electron chi connectivity index (χ1n) is 11.2. The summed E-state index contributed by atoms with van der Waals surface area (Å²) in [5.74, 6) is 6.15. The number of piperidine rings is 1. The molecule has 1 aliphatic carbocycles. The van der Waals surface area contributed by atoms with E-state index in [1.165, 1.54) is 11.1 Å². The SMILES string of the molecule is CN(O)Nc1cccc(C2CCN(CC(C=[NH+][C@@H]3Cc4ccccc4[C@H]3O)=NN)CC2)c1. The number of hydrogen-bond donors (Lipinski definition) is 5. The molecule has 0 bridgehead atoms. The first-order chi connectivity index (χ1) is 15.5. The Labute approximate surface area is 189 Å². The summed E-state index contributed by atoms with van der Waals surface area (Å²) in [6.45, 7) is 2.61. The van der Waals surface area contributed by atoms with Gasteiger partial charge in [0.15, 0.2) is 12.3 Å². The maximum atomic E-state index is 10.6. The van der Waals surface area contributed by atoms with Gasteiger partial charge in [0, 0.05) is 20.0 Å². The van der Waals surface area contributed by atoms with Gasteiger partial charge in [-0.15, -0.1) is 5.17 Å². The number of aliphatic hydroxyl groups excluding tert-OH is 1. The van der Waals surface area contributed by atoms with Gasteiger partial charge in [0.25, 0.3) is 0 Å². The van der Waals surface area contributed by atoms with E-state index in [1.807, 2.05) is 36.5 Å². The molecule has 0 saturated carbocycles. The number of nitrogens with two attached hydrogens (primary N) is 1. The molecular weight excluding hydrogens is 404 g/mol. The second kappa shape index (κ2) is 10.2. The lowest BCUT2D eigenvalue weighted by Crippen LogP contribution is -2.79. The summed E-state index contributed by atoms with van der Waals surface area (Å²) in [4.78, 5) is 5.70. The number of hydrazone groups is 1. The van der Waals surface area contributed by atoms with Crippen LogP contribution in [0.4, 0.5) is 5.69 Å². The number of hydrogen-bond acceptors (Lipinski definition) is 7. The molecule has 0 radical (unpaired) electrons. The summed E-state index contributed by atoms with van der Waals surface area (Å²) < 4.78 is 0. The van der Waals surface area contributed by atoms with Crippen LogP contribution in [0.25, 0.3) is 0 Å². The van der Waals surface area contributed by atoms with Crippen molar-refractivity contribution in [2.24, 2.45) is 10.9 Å². The molecule has 8 nitrogen and oxygen atoms in total. The van der Waals surface area contributed by atoms with E-state index >= 15 is 0 Å². The van der Waals surface area contributed by atoms with Crippen molar-refractivity contribution in [2.45, 2.75) is 37.3 Å². The summed E-state index contributed by atoms with van der Waals surface area (Å²) in [6, 6.07) is 16.2. The van der Waals surface area contributed by atoms with Gasteiger partial charge in [0.05, 0.1) is 5.69 Å². The lowest BCUT2D eigenvalue weighted by atomic mass is 9.89. The van der Waals surface area contributed by atoms with E-state index in [0.29, 0.717) is 12.5 Å². The van der Waals surface area contributed by atoms with E-state index in [1.54, 1.807) is 7.05 Å². The second-order valence-corrected chi connectivity index (χ2v) is 8.70. The molecule has 0 unspecified atom stereocenters. The number of fused-ring (bicyclic) bond motifs is 1. The van der Waals surface area contributed by atoms with Crippen LogP contribution in [-0.4, -0.2) is 65.0 Å². The van der Waals surface area contributed by atoms with Gasteiger partial charge in [0.2, 0.25) is 0 Å². The zero-order chi connectivity index (χ0) is 22.5. The lowest BCUT2D eigenvalue weighted by molar-refractivity contribution is -0.509. The van der Waals surface area contributed by atoms with Crippen molar-refractivity contribution in [1.82, 2.24) is 10.1 Å². The molecule has 0 amide bonds. The molecular formula is C24H33N6O2+. The number of likely N-dealkylation sites (tertiary alicyclic amines) is 1. The smallest absolute Gasteiger partial charge is 0.186 e. The Hall–Kier alpha value is -2.78. The number of aliphatic hydroxyl groups is 1. The largest absolute Gasteiger partial charge is 0.381 e. The van der Waals surface area contributed by atoms with E-state index < -0.39 is 6.10 Å². The minimum Gasteiger partial charge on any atom is -0.381 e. The molecule has 170 valence electrons. The third-order valence-electron chi connectivity index (χ3n) is 6.45. The van der Waals surface area contributed by atoms with Gasteiger partial charge in [-0.05, 0) is 60.7 Å². The van der Waals surface area contributed by atoms with Crippen molar-refractivity contribution in [3.8, 4) is 0 Å². The Balaban J connectivity index is 1.29. The number of hydroxylamine groups is 1. The zero-order valence-electron chi connectivity index (χ0n) is 18.5. The normalized spacial score (nSPS) is 22.6. The molecule has 6 N–H and O–H groups in total. The fourth-order valence-corrected chi connectivity index (χ4v) is 4.75. The lowest BCUT2D eigenvalue weighted by Gasteiger charge is -2.32. The van der Waals surface area contributed by atoms with Crippen LogP contribution in [0, 0.1) is 0 Å². The van der Waals surface area contributed by atoms with E-state index in [-0.39, 0.29) is 6.04 Å². The highest BCUT2D eigenvalue weighted by Crippen LogP contribution is 2.30. The van der Waals surface area contributed by atoms with Crippen LogP contribution in [0.2, 0.25) is 0 Å². The summed E-state index contributed by atoms with van der Waals surface area (Å²) in [6.07, 6.45) is 4.23. The van der Waals surface area contributed by atoms with Crippen molar-refractivity contribution < 1.29 is 15.3 Å². The van der Waals surface area contributed by atoms with Gasteiger partial charge in [-0.25, -0.2) is 4.99 Å². The Kier molecular flexibility index (Phi) is 7.16. The molecule has 1 heterocycles. The molecule has 2 aliphatic rings. The molecule has 1 aliphatic heterocycles. The van der Waals surface area contributed by atoms with E-state index in [9.17, 15) is 10.3 Å². The Morgan fingerprint density at radius 2 is 2.03 bits per heavy atom. The molecule has 0 aromatic heterocycles. The van der Waals surface area contributed by atoms with Crippen LogP contribution >= 0.6 is 0 Å². The maximum Gasteiger partial charge on any atom is 0.186 e. The van der Waals surface area contributed by atoms with Gasteiger partial charge < -0.3 is 10.9 Å². The van der Waals surface area contributed by atoms with Crippen LogP contribution in [0.3, 0.4) is 0 Å². The highest BCUT2D eigenvalue weighted by Gasteiger charge is 2.34. The fraction of sp³-hybridized carbons (Fsp3) is 0.417. The zero-order valence-corrected chi connectivity index (χ0v) is 18.5. The third kappa shape index (κ3) is 5.34. The number of nitrogens with one attached hydrogen (secondary N) is 2. The average molecular weight is 438 g/mol. The summed E-state index contributed by atoms with van der Waals surface area (Å²) in [7, 11) is 1.56. The highest BCUT2D eigenvalue weighted by molar-refractivity contribution is 6.29. The standard InChI is InChI=1S/C24H32N6O2/c1-29(32)28-20-7-4-6-18(13-20)17-9-11-30(12-10-17)16-21(27-25)15-26-23-14-19-5-2-3-8-22(19)24(23)31/h2-8,13,15,17,23-24,28,31-32H,9-12,14,16,25H2,1H3/p+1/t23-,24-/m1/s1. The molecule has 4 rings (SSSR count). The topological polar surface area (TPSA) is 111 Å². The molecule has 2 atom stereocenters. The van der Waals surface area contributed by atoms with Crippen molar-refractivity contribution in [2.75, 3.05) is 32.1 Å². The molecule has 0 spiro atoms. The third-order valence-corrected chi connectivity index (χ3v) is 6.45. The van der Waals surface area contributed by atoms with Crippen molar-refractivity contribution in [1.29, 1.82) is 0 Å². The Bertz CT molecular complexity index is 968. The highest BCUT2D eigenvalue weighted by atomic mass is 16.5. The van der Waals surface area contributed by atoms with E-state index in [0.717, 1.165) is 54.5 Å². The van der Waals surface area contributed by atoms with Gasteiger partial charge in [-0.2, -0.15) is 5.10 Å². The van der Waals surface area contributed by atoms with Crippen molar-refractivity contribution in [3.63, 3.8) is 0 Å². The number of benzene rings is 2. The maximum absolute atomic E-state index is 10.6. The van der Waals surface area contributed by atoms with Crippen LogP contribution in [-0.2, 0) is 6.42 Å². The number of nitrogens with zero attached hydrogens (tertiary/aromatic N) is 3. The van der Waals surface area contributed by atoms with Crippen molar-refractivity contribution in [3.05, 3.63) is 65.2 Å². The number of rotatable bonds is 7. The van der Waals surface area contributed by atoms with E-state index in [4.69, 9.17) is 5.84 Å². The number of hydrazine groups is 1. The van der Waals surface area contributed by atoms with Gasteiger partial charge >= 0.3 is 0 Å². The molecule has 2 aromatic rings. The molecule has 1 saturated heterocycles. The Morgan fingerprint density at radius 1 is 1.25 bits per heavy atom. The summed E-state index contributed by atoms with van der Waals surface area (Å²) in [5, 5.41) is 24.9. The Morgan fingerprint density at radius 3 is 2.75 bits per heavy atom. The molecule has 2 aromatic carbocycles. The minimum atomic E-state index is -0.520. The first kappa shape index (κ1) is 22.4. The van der Waals surface area contributed by atoms with Crippen LogP contribution in [0.5, 0.6) is 0 Å².